The zero-order valence-corrected chi connectivity index (χ0v) is 18.6. The Balaban J connectivity index is 1.23. The number of aliphatic imine (C=N–C) groups is 1. The summed E-state index contributed by atoms with van der Waals surface area (Å²) in [5.74, 6) is 0.586. The van der Waals surface area contributed by atoms with Crippen molar-refractivity contribution in [2.75, 3.05) is 11.9 Å². The van der Waals surface area contributed by atoms with Gasteiger partial charge in [0.1, 0.15) is 11.7 Å². The average Bonchev–Trinajstić information content (AvgIpc) is 3.44. The summed E-state index contributed by atoms with van der Waals surface area (Å²) in [7, 11) is 1.89. The van der Waals surface area contributed by atoms with Crippen molar-refractivity contribution < 1.29 is 4.79 Å². The lowest BCUT2D eigenvalue weighted by Crippen LogP contribution is -2.41. The lowest BCUT2D eigenvalue weighted by Gasteiger charge is -2.29. The molecule has 1 aliphatic heterocycles. The van der Waals surface area contributed by atoms with Gasteiger partial charge in [0.05, 0.1) is 5.69 Å². The van der Waals surface area contributed by atoms with Crippen LogP contribution in [0.1, 0.15) is 22.4 Å². The predicted octanol–water partition coefficient (Wildman–Crippen LogP) is 2.95. The quantitative estimate of drug-likeness (QED) is 0.575. The third kappa shape index (κ3) is 4.41. The molecule has 1 atom stereocenters. The molecule has 2 aromatic heterocycles. The van der Waals surface area contributed by atoms with Gasteiger partial charge in [0.15, 0.2) is 0 Å². The Hall–Kier alpha value is -3.81. The van der Waals surface area contributed by atoms with Crippen molar-refractivity contribution in [1.82, 2.24) is 19.4 Å². The summed E-state index contributed by atoms with van der Waals surface area (Å²) in [4.78, 5) is 28.4. The van der Waals surface area contributed by atoms with E-state index in [0.29, 0.717) is 31.5 Å². The van der Waals surface area contributed by atoms with Gasteiger partial charge < -0.3 is 20.2 Å². The molecule has 0 saturated heterocycles. The maximum atomic E-state index is 13.0. The molecule has 8 nitrogen and oxygen atoms in total. The molecular weight excluding hydrogens is 414 g/mol. The predicted molar refractivity (Wildman–Crippen MR) is 128 cm³/mol. The van der Waals surface area contributed by atoms with Crippen LogP contribution in [-0.4, -0.2) is 50.4 Å². The third-order valence-electron chi connectivity index (χ3n) is 6.38. The molecule has 3 aromatic rings. The normalized spacial score (nSPS) is 16.5. The topological polar surface area (TPSA) is 99.3 Å². The summed E-state index contributed by atoms with van der Waals surface area (Å²) in [6.45, 7) is 1.02. The number of fused-ring (bicyclic) bond motifs is 2. The zero-order chi connectivity index (χ0) is 22.8. The number of nitrogens with one attached hydrogen (secondary N) is 2. The monoisotopic (exact) mass is 441 g/mol. The van der Waals surface area contributed by atoms with E-state index in [1.807, 2.05) is 36.1 Å². The first kappa shape index (κ1) is 21.1. The Labute approximate surface area is 192 Å². The van der Waals surface area contributed by atoms with E-state index in [-0.39, 0.29) is 5.91 Å². The van der Waals surface area contributed by atoms with Gasteiger partial charge in [-0.25, -0.2) is 15.0 Å². The Morgan fingerprint density at radius 3 is 2.70 bits per heavy atom. The second kappa shape index (κ2) is 8.97. The van der Waals surface area contributed by atoms with E-state index < -0.39 is 5.92 Å². The standard InChI is InChI=1S/C25H27N7O/c1-31-9-4-7-23(31)27-14-19(13-26)24(33)32-10-8-22-20(16-32)15-28-25(30-22)29-21-11-17-5-2-3-6-18(17)12-21/h2-7,9,13-15,19,21,26H,8,10-12,16H2,1H3,(H,28,29,30). The Kier molecular flexibility index (Phi) is 5.73. The third-order valence-corrected chi connectivity index (χ3v) is 6.38. The molecular formula is C25H27N7O. The van der Waals surface area contributed by atoms with E-state index in [1.54, 1.807) is 11.1 Å². The van der Waals surface area contributed by atoms with Gasteiger partial charge in [-0.1, -0.05) is 24.3 Å². The van der Waals surface area contributed by atoms with E-state index in [1.165, 1.54) is 11.1 Å². The number of carbonyl (C=O) groups is 1. The molecule has 0 radical (unpaired) electrons. The SMILES string of the molecule is Cn1cccc1N=CC(C=N)C(=O)N1CCc2nc(NC3Cc4ccccc4C3)ncc2C1. The summed E-state index contributed by atoms with van der Waals surface area (Å²) < 4.78 is 1.87. The number of hydrogen-bond acceptors (Lipinski definition) is 6. The van der Waals surface area contributed by atoms with Crippen molar-refractivity contribution in [3.8, 4) is 0 Å². The molecule has 1 aliphatic carbocycles. The van der Waals surface area contributed by atoms with E-state index in [2.05, 4.69) is 39.6 Å². The van der Waals surface area contributed by atoms with Crippen LogP contribution in [0.2, 0.25) is 0 Å². The lowest BCUT2D eigenvalue weighted by molar-refractivity contribution is -0.132. The van der Waals surface area contributed by atoms with Crippen molar-refractivity contribution in [3.63, 3.8) is 0 Å². The smallest absolute Gasteiger partial charge is 0.236 e. The van der Waals surface area contributed by atoms with Gasteiger partial charge in [0, 0.05) is 63.0 Å². The molecule has 1 unspecified atom stereocenters. The maximum Gasteiger partial charge on any atom is 0.236 e. The number of amides is 1. The summed E-state index contributed by atoms with van der Waals surface area (Å²) >= 11 is 0. The Bertz CT molecular complexity index is 1190. The fourth-order valence-corrected chi connectivity index (χ4v) is 4.55. The molecule has 0 spiro atoms. The summed E-state index contributed by atoms with van der Waals surface area (Å²) in [5, 5.41) is 11.2. The van der Waals surface area contributed by atoms with Crippen LogP contribution in [-0.2, 0) is 37.6 Å². The Morgan fingerprint density at radius 2 is 2.00 bits per heavy atom. The Morgan fingerprint density at radius 1 is 1.21 bits per heavy atom. The maximum absolute atomic E-state index is 13.0. The fourth-order valence-electron chi connectivity index (χ4n) is 4.55. The number of nitrogens with zero attached hydrogens (tertiary/aromatic N) is 5. The van der Waals surface area contributed by atoms with E-state index in [4.69, 9.17) is 10.4 Å². The summed E-state index contributed by atoms with van der Waals surface area (Å²) in [6.07, 6.45) is 9.04. The number of rotatable bonds is 6. The molecule has 2 aliphatic rings. The van der Waals surface area contributed by atoms with Crippen molar-refractivity contribution in [2.45, 2.75) is 31.8 Å². The molecule has 0 fully saturated rings. The van der Waals surface area contributed by atoms with Crippen LogP contribution in [0.25, 0.3) is 0 Å². The van der Waals surface area contributed by atoms with Gasteiger partial charge in [0.2, 0.25) is 11.9 Å². The fraction of sp³-hybridized carbons (Fsp3) is 0.320. The average molecular weight is 442 g/mol. The highest BCUT2D eigenvalue weighted by Gasteiger charge is 2.27. The minimum atomic E-state index is -0.688. The highest BCUT2D eigenvalue weighted by molar-refractivity contribution is 6.07. The number of aryl methyl sites for hydroxylation is 1. The van der Waals surface area contributed by atoms with Crippen LogP contribution >= 0.6 is 0 Å². The number of aromatic nitrogens is 3. The number of hydrogen-bond donors (Lipinski definition) is 2. The first-order chi connectivity index (χ1) is 16.1. The molecule has 2 N–H and O–H groups in total. The van der Waals surface area contributed by atoms with Gasteiger partial charge in [-0.05, 0) is 36.1 Å². The second-order valence-electron chi connectivity index (χ2n) is 8.64. The van der Waals surface area contributed by atoms with Gasteiger partial charge in [-0.3, -0.25) is 4.79 Å². The van der Waals surface area contributed by atoms with E-state index in [0.717, 1.165) is 36.1 Å². The molecule has 5 rings (SSSR count). The van der Waals surface area contributed by atoms with Gasteiger partial charge in [-0.15, -0.1) is 0 Å². The van der Waals surface area contributed by atoms with Gasteiger partial charge in [0.25, 0.3) is 0 Å². The molecule has 168 valence electrons. The van der Waals surface area contributed by atoms with Gasteiger partial charge in [-0.2, -0.15) is 0 Å². The largest absolute Gasteiger partial charge is 0.351 e. The molecule has 1 aromatic carbocycles. The van der Waals surface area contributed by atoms with Crippen molar-refractivity contribution in [2.24, 2.45) is 18.0 Å². The summed E-state index contributed by atoms with van der Waals surface area (Å²) in [5.41, 5.74) is 4.71. The minimum absolute atomic E-state index is 0.125. The molecule has 0 saturated carbocycles. The van der Waals surface area contributed by atoms with Crippen LogP contribution < -0.4 is 5.32 Å². The van der Waals surface area contributed by atoms with Crippen molar-refractivity contribution in [1.29, 1.82) is 5.41 Å². The first-order valence-electron chi connectivity index (χ1n) is 11.2. The van der Waals surface area contributed by atoms with Crippen LogP contribution in [0.4, 0.5) is 11.8 Å². The first-order valence-corrected chi connectivity index (χ1v) is 11.2. The number of anilines is 1. The lowest BCUT2D eigenvalue weighted by atomic mass is 10.0. The van der Waals surface area contributed by atoms with Crippen LogP contribution in [0.3, 0.4) is 0 Å². The van der Waals surface area contributed by atoms with Crippen molar-refractivity contribution in [3.05, 3.63) is 71.2 Å². The van der Waals surface area contributed by atoms with Gasteiger partial charge >= 0.3 is 0 Å². The highest BCUT2D eigenvalue weighted by atomic mass is 16.2. The molecule has 1 amide bonds. The molecule has 3 heterocycles. The zero-order valence-electron chi connectivity index (χ0n) is 18.6. The second-order valence-corrected chi connectivity index (χ2v) is 8.64. The number of carbonyl (C=O) groups excluding carboxylic acids is 1. The van der Waals surface area contributed by atoms with Crippen LogP contribution in [0.5, 0.6) is 0 Å². The minimum Gasteiger partial charge on any atom is -0.351 e. The molecule has 8 heteroatoms. The van der Waals surface area contributed by atoms with Crippen LogP contribution in [0, 0.1) is 11.3 Å². The molecule has 0 bridgehead atoms. The highest BCUT2D eigenvalue weighted by Crippen LogP contribution is 2.25. The molecule has 33 heavy (non-hydrogen) atoms. The number of benzene rings is 1. The van der Waals surface area contributed by atoms with E-state index in [9.17, 15) is 4.79 Å². The summed E-state index contributed by atoms with van der Waals surface area (Å²) in [6, 6.07) is 12.6. The van der Waals surface area contributed by atoms with E-state index >= 15 is 0 Å². The van der Waals surface area contributed by atoms with Crippen molar-refractivity contribution >= 4 is 30.1 Å². The van der Waals surface area contributed by atoms with Crippen LogP contribution in [0.15, 0.2) is 53.8 Å².